The van der Waals surface area contributed by atoms with Crippen LogP contribution in [0.25, 0.3) is 0 Å². The molecule has 0 aliphatic carbocycles. The molecule has 0 unspecified atom stereocenters. The van der Waals surface area contributed by atoms with Crippen molar-refractivity contribution in [1.29, 1.82) is 0 Å². The smallest absolute Gasteiger partial charge is 0.187 e. The molecule has 1 heterocycles. The first kappa shape index (κ1) is 14.8. The highest BCUT2D eigenvalue weighted by Crippen LogP contribution is 2.25. The van der Waals surface area contributed by atoms with Gasteiger partial charge in [-0.15, -0.1) is 0 Å². The van der Waals surface area contributed by atoms with Gasteiger partial charge in [-0.3, -0.25) is 5.43 Å². The maximum Gasteiger partial charge on any atom is 0.187 e. The molecule has 0 amide bonds. The predicted octanol–water partition coefficient (Wildman–Crippen LogP) is 2.74. The first-order chi connectivity index (χ1) is 9.56. The quantitative estimate of drug-likeness (QED) is 0.650. The topological polar surface area (TPSA) is 45.7 Å². The zero-order valence-electron chi connectivity index (χ0n) is 12.2. The molecular formula is C15H21N3OS. The lowest BCUT2D eigenvalue weighted by atomic mass is 10.0. The second-order valence-electron chi connectivity index (χ2n) is 5.25. The molecule has 0 bridgehead atoms. The molecular weight excluding hydrogens is 270 g/mol. The van der Waals surface area contributed by atoms with Crippen LogP contribution < -0.4 is 15.5 Å². The van der Waals surface area contributed by atoms with Crippen molar-refractivity contribution in [2.45, 2.75) is 39.7 Å². The Labute approximate surface area is 125 Å². The second-order valence-corrected chi connectivity index (χ2v) is 5.66. The highest BCUT2D eigenvalue weighted by Gasteiger charge is 2.15. The summed E-state index contributed by atoms with van der Waals surface area (Å²) in [6.07, 6.45) is 1.84. The summed E-state index contributed by atoms with van der Waals surface area (Å²) >= 11 is 5.20. The van der Waals surface area contributed by atoms with E-state index in [2.05, 4.69) is 34.9 Å². The van der Waals surface area contributed by atoms with Crippen molar-refractivity contribution in [1.82, 2.24) is 10.7 Å². The van der Waals surface area contributed by atoms with Gasteiger partial charge in [0.1, 0.15) is 5.75 Å². The SMILES string of the molecule is Cc1ccc2c(c1)/C(=N/NC(=S)NC(C)C)CCCO2. The van der Waals surface area contributed by atoms with E-state index in [0.717, 1.165) is 36.5 Å². The Hall–Kier alpha value is -1.62. The summed E-state index contributed by atoms with van der Waals surface area (Å²) in [4.78, 5) is 0. The summed E-state index contributed by atoms with van der Waals surface area (Å²) in [5.41, 5.74) is 6.18. The molecule has 4 nitrogen and oxygen atoms in total. The molecule has 0 radical (unpaired) electrons. The molecule has 0 saturated carbocycles. The molecule has 0 spiro atoms. The van der Waals surface area contributed by atoms with E-state index in [9.17, 15) is 0 Å². The number of hydrogen-bond acceptors (Lipinski definition) is 3. The Morgan fingerprint density at radius 2 is 2.20 bits per heavy atom. The molecule has 1 aliphatic rings. The molecule has 2 N–H and O–H groups in total. The van der Waals surface area contributed by atoms with Gasteiger partial charge in [-0.25, -0.2) is 0 Å². The number of hydrogen-bond donors (Lipinski definition) is 2. The van der Waals surface area contributed by atoms with Gasteiger partial charge in [0.25, 0.3) is 0 Å². The van der Waals surface area contributed by atoms with Crippen molar-refractivity contribution < 1.29 is 4.74 Å². The number of fused-ring (bicyclic) bond motifs is 1. The summed E-state index contributed by atoms with van der Waals surface area (Å²) < 4.78 is 5.75. The largest absolute Gasteiger partial charge is 0.493 e. The lowest BCUT2D eigenvalue weighted by molar-refractivity contribution is 0.318. The van der Waals surface area contributed by atoms with Crippen LogP contribution in [0, 0.1) is 6.92 Å². The number of rotatable bonds is 2. The van der Waals surface area contributed by atoms with Crippen LogP contribution >= 0.6 is 12.2 Å². The Morgan fingerprint density at radius 3 is 2.95 bits per heavy atom. The van der Waals surface area contributed by atoms with E-state index in [1.54, 1.807) is 0 Å². The summed E-state index contributed by atoms with van der Waals surface area (Å²) in [5, 5.41) is 8.12. The number of benzene rings is 1. The van der Waals surface area contributed by atoms with E-state index in [4.69, 9.17) is 17.0 Å². The number of thiocarbonyl (C=S) groups is 1. The maximum atomic E-state index is 5.75. The van der Waals surface area contributed by atoms with Crippen LogP contribution in [0.1, 0.15) is 37.8 Å². The molecule has 1 aromatic rings. The minimum Gasteiger partial charge on any atom is -0.493 e. The molecule has 0 atom stereocenters. The van der Waals surface area contributed by atoms with Crippen LogP contribution in [-0.2, 0) is 0 Å². The first-order valence-electron chi connectivity index (χ1n) is 6.93. The van der Waals surface area contributed by atoms with Crippen molar-refractivity contribution in [3.05, 3.63) is 29.3 Å². The zero-order chi connectivity index (χ0) is 14.5. The Kier molecular flexibility index (Phi) is 4.95. The number of ether oxygens (including phenoxy) is 1. The molecule has 2 rings (SSSR count). The average Bonchev–Trinajstić information content (AvgIpc) is 2.57. The number of aryl methyl sites for hydroxylation is 1. The molecule has 0 saturated heterocycles. The molecule has 0 fully saturated rings. The highest BCUT2D eigenvalue weighted by atomic mass is 32.1. The van der Waals surface area contributed by atoms with E-state index < -0.39 is 0 Å². The van der Waals surface area contributed by atoms with E-state index >= 15 is 0 Å². The third-order valence-corrected chi connectivity index (χ3v) is 3.18. The van der Waals surface area contributed by atoms with Gasteiger partial charge in [-0.05, 0) is 58.0 Å². The summed E-state index contributed by atoms with van der Waals surface area (Å²) in [5.74, 6) is 0.899. The highest BCUT2D eigenvalue weighted by molar-refractivity contribution is 7.80. The average molecular weight is 291 g/mol. The number of nitrogens with one attached hydrogen (secondary N) is 2. The van der Waals surface area contributed by atoms with Gasteiger partial charge in [0, 0.05) is 11.6 Å². The Balaban J connectivity index is 2.19. The fraction of sp³-hybridized carbons (Fsp3) is 0.467. The van der Waals surface area contributed by atoms with Crippen molar-refractivity contribution in [3.8, 4) is 5.75 Å². The van der Waals surface area contributed by atoms with Gasteiger partial charge in [0.05, 0.1) is 12.3 Å². The molecule has 108 valence electrons. The number of hydrazone groups is 1. The maximum absolute atomic E-state index is 5.75. The van der Waals surface area contributed by atoms with Gasteiger partial charge in [-0.2, -0.15) is 5.10 Å². The summed E-state index contributed by atoms with van der Waals surface area (Å²) in [6.45, 7) is 6.88. The number of nitrogens with zero attached hydrogens (tertiary/aromatic N) is 1. The Morgan fingerprint density at radius 1 is 1.40 bits per heavy atom. The van der Waals surface area contributed by atoms with E-state index in [1.807, 2.05) is 19.9 Å². The zero-order valence-corrected chi connectivity index (χ0v) is 13.0. The lowest BCUT2D eigenvalue weighted by Crippen LogP contribution is -2.37. The fourth-order valence-electron chi connectivity index (χ4n) is 2.08. The van der Waals surface area contributed by atoms with Gasteiger partial charge in [0.2, 0.25) is 0 Å². The fourth-order valence-corrected chi connectivity index (χ4v) is 2.36. The van der Waals surface area contributed by atoms with Crippen molar-refractivity contribution in [2.75, 3.05) is 6.61 Å². The summed E-state index contributed by atoms with van der Waals surface area (Å²) in [7, 11) is 0. The molecule has 5 heteroatoms. The molecule has 20 heavy (non-hydrogen) atoms. The third-order valence-electron chi connectivity index (χ3n) is 2.97. The minimum absolute atomic E-state index is 0.294. The van der Waals surface area contributed by atoms with E-state index in [0.29, 0.717) is 11.2 Å². The van der Waals surface area contributed by atoms with Crippen LogP contribution in [0.2, 0.25) is 0 Å². The lowest BCUT2D eigenvalue weighted by Gasteiger charge is -2.12. The third kappa shape index (κ3) is 3.93. The van der Waals surface area contributed by atoms with Gasteiger partial charge < -0.3 is 10.1 Å². The van der Waals surface area contributed by atoms with Gasteiger partial charge >= 0.3 is 0 Å². The van der Waals surface area contributed by atoms with Crippen LogP contribution in [0.15, 0.2) is 23.3 Å². The van der Waals surface area contributed by atoms with Crippen LogP contribution in [0.5, 0.6) is 5.75 Å². The van der Waals surface area contributed by atoms with Gasteiger partial charge in [-0.1, -0.05) is 11.6 Å². The minimum atomic E-state index is 0.294. The standard InChI is InChI=1S/C15H21N3OS/c1-10(2)16-15(20)18-17-13-5-4-8-19-14-7-6-11(3)9-12(13)14/h6-7,9-10H,4-5,8H2,1-3H3,(H2,16,18,20)/b17-13+. The summed E-state index contributed by atoms with van der Waals surface area (Å²) in [6, 6.07) is 6.47. The first-order valence-corrected chi connectivity index (χ1v) is 7.34. The van der Waals surface area contributed by atoms with Crippen molar-refractivity contribution in [2.24, 2.45) is 5.10 Å². The molecule has 0 aromatic heterocycles. The van der Waals surface area contributed by atoms with Crippen LogP contribution in [-0.4, -0.2) is 23.5 Å². The normalized spacial score (nSPS) is 16.3. The van der Waals surface area contributed by atoms with Gasteiger partial charge in [0.15, 0.2) is 5.11 Å². The van der Waals surface area contributed by atoms with Crippen LogP contribution in [0.4, 0.5) is 0 Å². The predicted molar refractivity (Wildman–Crippen MR) is 86.5 cm³/mol. The monoisotopic (exact) mass is 291 g/mol. The molecule has 1 aromatic carbocycles. The van der Waals surface area contributed by atoms with E-state index in [1.165, 1.54) is 5.56 Å². The van der Waals surface area contributed by atoms with Crippen LogP contribution in [0.3, 0.4) is 0 Å². The molecule has 1 aliphatic heterocycles. The van der Waals surface area contributed by atoms with Crippen molar-refractivity contribution >= 4 is 23.0 Å². The Bertz CT molecular complexity index is 526. The van der Waals surface area contributed by atoms with E-state index in [-0.39, 0.29) is 0 Å². The van der Waals surface area contributed by atoms with Crippen molar-refractivity contribution in [3.63, 3.8) is 0 Å². The second kappa shape index (κ2) is 6.70.